The zero-order valence-electron chi connectivity index (χ0n) is 17.2. The molecule has 29 heavy (non-hydrogen) atoms. The second-order valence-electron chi connectivity index (χ2n) is 7.96. The summed E-state index contributed by atoms with van der Waals surface area (Å²) in [6.45, 7) is 6.62. The van der Waals surface area contributed by atoms with Gasteiger partial charge in [0, 0.05) is 42.8 Å². The van der Waals surface area contributed by atoms with Gasteiger partial charge in [0.15, 0.2) is 5.69 Å². The lowest BCUT2D eigenvalue weighted by atomic mass is 9.99. The Morgan fingerprint density at radius 2 is 2.17 bits per heavy atom. The molecule has 1 N–H and O–H groups in total. The van der Waals surface area contributed by atoms with Crippen LogP contribution in [0, 0.1) is 12.8 Å². The van der Waals surface area contributed by atoms with Gasteiger partial charge in [-0.3, -0.25) is 9.78 Å². The number of nitrogens with one attached hydrogen (secondary N) is 1. The van der Waals surface area contributed by atoms with Gasteiger partial charge in [0.1, 0.15) is 0 Å². The molecule has 1 aliphatic rings. The standard InChI is InChI=1S/C21H26N6OS/c1-13-8-17-19(29-13)18(20(28)27-11-15(12-27)10-26(3)4)25-21(24-17)23-14(2)16-6-5-7-22-9-16/h5-9,14-15H,10-12H2,1-4H3,(H,23,24,25)/t14-/m0/s1. The van der Waals surface area contributed by atoms with Crippen LogP contribution >= 0.6 is 11.3 Å². The number of thiophene rings is 1. The van der Waals surface area contributed by atoms with Crippen LogP contribution in [0.3, 0.4) is 0 Å². The number of pyridine rings is 1. The molecule has 0 aliphatic carbocycles. The van der Waals surface area contributed by atoms with E-state index < -0.39 is 0 Å². The normalized spacial score (nSPS) is 15.6. The van der Waals surface area contributed by atoms with Crippen LogP contribution in [0.4, 0.5) is 5.95 Å². The number of hydrogen-bond donors (Lipinski definition) is 1. The molecule has 1 fully saturated rings. The van der Waals surface area contributed by atoms with Crippen LogP contribution in [-0.4, -0.2) is 64.4 Å². The Morgan fingerprint density at radius 1 is 1.38 bits per heavy atom. The van der Waals surface area contributed by atoms with Crippen molar-refractivity contribution in [3.05, 3.63) is 46.7 Å². The van der Waals surface area contributed by atoms with Crippen LogP contribution < -0.4 is 5.32 Å². The first kappa shape index (κ1) is 19.7. The van der Waals surface area contributed by atoms with Crippen molar-refractivity contribution in [3.8, 4) is 0 Å². The maximum absolute atomic E-state index is 13.2. The molecule has 0 spiro atoms. The van der Waals surface area contributed by atoms with Crippen LogP contribution in [0.5, 0.6) is 0 Å². The fraction of sp³-hybridized carbons (Fsp3) is 0.429. The average Bonchev–Trinajstić information content (AvgIpc) is 3.03. The molecule has 1 saturated heterocycles. The third-order valence-electron chi connectivity index (χ3n) is 5.10. The van der Waals surface area contributed by atoms with Crippen molar-refractivity contribution in [1.29, 1.82) is 0 Å². The molecule has 1 aliphatic heterocycles. The summed E-state index contributed by atoms with van der Waals surface area (Å²) in [6.07, 6.45) is 3.57. The summed E-state index contributed by atoms with van der Waals surface area (Å²) in [6, 6.07) is 5.92. The predicted molar refractivity (Wildman–Crippen MR) is 116 cm³/mol. The molecule has 3 aromatic heterocycles. The number of likely N-dealkylation sites (tertiary alicyclic amines) is 1. The van der Waals surface area contributed by atoms with E-state index >= 15 is 0 Å². The first-order chi connectivity index (χ1) is 13.9. The molecule has 8 heteroatoms. The molecule has 4 rings (SSSR count). The van der Waals surface area contributed by atoms with Crippen LogP contribution in [0.15, 0.2) is 30.6 Å². The molecule has 0 bridgehead atoms. The summed E-state index contributed by atoms with van der Waals surface area (Å²) >= 11 is 1.58. The minimum absolute atomic E-state index is 0.00802. The highest BCUT2D eigenvalue weighted by molar-refractivity contribution is 7.19. The summed E-state index contributed by atoms with van der Waals surface area (Å²) in [7, 11) is 4.13. The lowest BCUT2D eigenvalue weighted by Gasteiger charge is -2.40. The van der Waals surface area contributed by atoms with E-state index in [-0.39, 0.29) is 11.9 Å². The molecular formula is C21H26N6OS. The minimum atomic E-state index is -0.0164. The van der Waals surface area contributed by atoms with Gasteiger partial charge in [-0.25, -0.2) is 9.97 Å². The first-order valence-corrected chi connectivity index (χ1v) is 10.6. The van der Waals surface area contributed by atoms with Gasteiger partial charge in [-0.05, 0) is 45.6 Å². The molecule has 0 aromatic carbocycles. The van der Waals surface area contributed by atoms with Crippen LogP contribution in [0.1, 0.15) is 33.9 Å². The zero-order chi connectivity index (χ0) is 20.5. The predicted octanol–water partition coefficient (Wildman–Crippen LogP) is 3.20. The largest absolute Gasteiger partial charge is 0.348 e. The topological polar surface area (TPSA) is 74.2 Å². The third kappa shape index (κ3) is 4.23. The van der Waals surface area contributed by atoms with Crippen molar-refractivity contribution in [2.45, 2.75) is 19.9 Å². The van der Waals surface area contributed by atoms with Crippen LogP contribution in [-0.2, 0) is 0 Å². The minimum Gasteiger partial charge on any atom is -0.348 e. The summed E-state index contributed by atoms with van der Waals surface area (Å²) in [5.74, 6) is 0.992. The Hall–Kier alpha value is -2.58. The van der Waals surface area contributed by atoms with Gasteiger partial charge >= 0.3 is 0 Å². The number of aryl methyl sites for hydroxylation is 1. The van der Waals surface area contributed by atoms with Gasteiger partial charge in [0.05, 0.1) is 16.3 Å². The van der Waals surface area contributed by atoms with E-state index in [0.717, 1.165) is 40.3 Å². The lowest BCUT2D eigenvalue weighted by Crippen LogP contribution is -2.53. The second kappa shape index (κ2) is 8.04. The molecule has 4 heterocycles. The van der Waals surface area contributed by atoms with Crippen molar-refractivity contribution in [1.82, 2.24) is 24.8 Å². The molecule has 0 unspecified atom stereocenters. The van der Waals surface area contributed by atoms with Crippen molar-refractivity contribution >= 4 is 33.4 Å². The second-order valence-corrected chi connectivity index (χ2v) is 9.21. The quantitative estimate of drug-likeness (QED) is 0.673. The van der Waals surface area contributed by atoms with E-state index in [4.69, 9.17) is 0 Å². The van der Waals surface area contributed by atoms with E-state index in [1.165, 1.54) is 0 Å². The van der Waals surface area contributed by atoms with Crippen molar-refractivity contribution in [3.63, 3.8) is 0 Å². The number of carbonyl (C=O) groups is 1. The highest BCUT2D eigenvalue weighted by Gasteiger charge is 2.33. The van der Waals surface area contributed by atoms with Gasteiger partial charge in [-0.2, -0.15) is 0 Å². The molecule has 0 saturated carbocycles. The molecule has 1 atom stereocenters. The summed E-state index contributed by atoms with van der Waals surface area (Å²) in [5, 5.41) is 3.33. The van der Waals surface area contributed by atoms with Crippen LogP contribution in [0.2, 0.25) is 0 Å². The van der Waals surface area contributed by atoms with Gasteiger partial charge in [-0.15, -0.1) is 11.3 Å². The number of carbonyl (C=O) groups excluding carboxylic acids is 1. The lowest BCUT2D eigenvalue weighted by molar-refractivity contribution is 0.0447. The number of fused-ring (bicyclic) bond motifs is 1. The highest BCUT2D eigenvalue weighted by Crippen LogP contribution is 2.30. The summed E-state index contributed by atoms with van der Waals surface area (Å²) in [5.41, 5.74) is 2.36. The van der Waals surface area contributed by atoms with Gasteiger partial charge < -0.3 is 15.1 Å². The van der Waals surface area contributed by atoms with E-state index in [9.17, 15) is 4.79 Å². The van der Waals surface area contributed by atoms with Gasteiger partial charge in [-0.1, -0.05) is 6.07 Å². The fourth-order valence-corrected chi connectivity index (χ4v) is 4.62. The molecule has 1 amide bonds. The van der Waals surface area contributed by atoms with E-state index in [1.54, 1.807) is 17.5 Å². The van der Waals surface area contributed by atoms with Crippen molar-refractivity contribution in [2.75, 3.05) is 39.0 Å². The number of aromatic nitrogens is 3. The monoisotopic (exact) mass is 410 g/mol. The number of amides is 1. The average molecular weight is 411 g/mol. The highest BCUT2D eigenvalue weighted by atomic mass is 32.1. The van der Waals surface area contributed by atoms with Crippen molar-refractivity contribution < 1.29 is 4.79 Å². The fourth-order valence-electron chi connectivity index (χ4n) is 3.69. The Balaban J connectivity index is 1.59. The Kier molecular flexibility index (Phi) is 5.47. The number of nitrogens with zero attached hydrogens (tertiary/aromatic N) is 5. The molecule has 0 radical (unpaired) electrons. The van der Waals surface area contributed by atoms with Gasteiger partial charge in [0.2, 0.25) is 5.95 Å². The zero-order valence-corrected chi connectivity index (χ0v) is 18.0. The van der Waals surface area contributed by atoms with Gasteiger partial charge in [0.25, 0.3) is 5.91 Å². The summed E-state index contributed by atoms with van der Waals surface area (Å²) in [4.78, 5) is 31.8. The smallest absolute Gasteiger partial charge is 0.274 e. The Bertz CT molecular complexity index is 1010. The third-order valence-corrected chi connectivity index (χ3v) is 6.14. The Labute approximate surface area is 174 Å². The molecule has 7 nitrogen and oxygen atoms in total. The SMILES string of the molecule is Cc1cc2nc(N[C@@H](C)c3cccnc3)nc(C(=O)N3CC(CN(C)C)C3)c2s1. The van der Waals surface area contributed by atoms with E-state index in [2.05, 4.69) is 39.3 Å². The van der Waals surface area contributed by atoms with Crippen LogP contribution in [0.25, 0.3) is 10.2 Å². The Morgan fingerprint density at radius 3 is 2.86 bits per heavy atom. The number of anilines is 1. The summed E-state index contributed by atoms with van der Waals surface area (Å²) < 4.78 is 0.864. The number of rotatable bonds is 6. The van der Waals surface area contributed by atoms with Crippen molar-refractivity contribution in [2.24, 2.45) is 5.92 Å². The molecule has 152 valence electrons. The maximum Gasteiger partial charge on any atom is 0.274 e. The first-order valence-electron chi connectivity index (χ1n) is 9.79. The van der Waals surface area contributed by atoms with E-state index in [1.807, 2.05) is 43.1 Å². The number of hydrogen-bond acceptors (Lipinski definition) is 7. The maximum atomic E-state index is 13.2. The molecular weight excluding hydrogens is 384 g/mol. The molecule has 3 aromatic rings. The van der Waals surface area contributed by atoms with E-state index in [0.29, 0.717) is 17.6 Å².